The van der Waals surface area contributed by atoms with E-state index in [1.165, 1.54) is 17.0 Å². The van der Waals surface area contributed by atoms with Gasteiger partial charge in [0.05, 0.1) is 5.56 Å². The molecule has 0 fully saturated rings. The first-order chi connectivity index (χ1) is 11.4. The first kappa shape index (κ1) is 18.6. The summed E-state index contributed by atoms with van der Waals surface area (Å²) in [5.41, 5.74) is 1.20. The Balaban J connectivity index is 1.77. The number of sulfonamides is 1. The molecule has 0 radical (unpaired) electrons. The Hall–Kier alpha value is -1.74. The first-order valence-corrected chi connectivity index (χ1v) is 9.79. The second-order valence-corrected chi connectivity index (χ2v) is 8.34. The van der Waals surface area contributed by atoms with Crippen molar-refractivity contribution in [2.75, 3.05) is 20.1 Å². The summed E-state index contributed by atoms with van der Waals surface area (Å²) in [4.78, 5) is 12.9. The Labute approximate surface area is 145 Å². The van der Waals surface area contributed by atoms with Crippen LogP contribution in [0.5, 0.6) is 0 Å². The standard InChI is InChI=1S/C16H20N2O4S2/c1-18(11-13-6-3-2-4-7-13)9-5-8-17-24(21,22)15-10-14(12-23-15)16(19)20/h2-4,6-7,10,12,17H,5,8-9,11H2,1H3,(H,19,20). The summed E-state index contributed by atoms with van der Waals surface area (Å²) in [7, 11) is -1.66. The molecule has 2 rings (SSSR count). The molecule has 1 aromatic heterocycles. The van der Waals surface area contributed by atoms with Gasteiger partial charge in [-0.25, -0.2) is 17.9 Å². The smallest absolute Gasteiger partial charge is 0.336 e. The molecule has 1 heterocycles. The number of aromatic carboxylic acids is 1. The Morgan fingerprint density at radius 3 is 2.62 bits per heavy atom. The first-order valence-electron chi connectivity index (χ1n) is 7.42. The zero-order valence-corrected chi connectivity index (χ0v) is 14.9. The molecule has 0 unspecified atom stereocenters. The van der Waals surface area contributed by atoms with Gasteiger partial charge >= 0.3 is 5.97 Å². The Kier molecular flexibility index (Phi) is 6.50. The maximum Gasteiger partial charge on any atom is 0.336 e. The Morgan fingerprint density at radius 1 is 1.29 bits per heavy atom. The molecule has 0 saturated heterocycles. The van der Waals surface area contributed by atoms with E-state index in [1.807, 2.05) is 25.2 Å². The predicted octanol–water partition coefficient (Wildman–Crippen LogP) is 2.25. The van der Waals surface area contributed by atoms with Crippen LogP contribution in [0, 0.1) is 0 Å². The van der Waals surface area contributed by atoms with Gasteiger partial charge in [-0.2, -0.15) is 0 Å². The summed E-state index contributed by atoms with van der Waals surface area (Å²) >= 11 is 0.909. The van der Waals surface area contributed by atoms with E-state index in [-0.39, 0.29) is 9.77 Å². The highest BCUT2D eigenvalue weighted by Gasteiger charge is 2.18. The van der Waals surface area contributed by atoms with Crippen molar-refractivity contribution in [2.24, 2.45) is 0 Å². The maximum absolute atomic E-state index is 12.1. The molecular weight excluding hydrogens is 348 g/mol. The summed E-state index contributed by atoms with van der Waals surface area (Å²) in [6.07, 6.45) is 0.666. The minimum absolute atomic E-state index is 0.0111. The molecule has 8 heteroatoms. The van der Waals surface area contributed by atoms with Gasteiger partial charge in [0, 0.05) is 18.5 Å². The molecule has 24 heavy (non-hydrogen) atoms. The van der Waals surface area contributed by atoms with Crippen LogP contribution in [0.25, 0.3) is 0 Å². The molecule has 0 amide bonds. The fourth-order valence-corrected chi connectivity index (χ4v) is 4.44. The highest BCUT2D eigenvalue weighted by Crippen LogP contribution is 2.20. The van der Waals surface area contributed by atoms with E-state index in [2.05, 4.69) is 21.8 Å². The summed E-state index contributed by atoms with van der Waals surface area (Å²) in [6.45, 7) is 1.87. The maximum atomic E-state index is 12.1. The van der Waals surface area contributed by atoms with E-state index in [4.69, 9.17) is 5.11 Å². The van der Waals surface area contributed by atoms with Crippen LogP contribution in [-0.2, 0) is 16.6 Å². The Bertz CT molecular complexity index is 772. The quantitative estimate of drug-likeness (QED) is 0.663. The van der Waals surface area contributed by atoms with Gasteiger partial charge < -0.3 is 10.0 Å². The van der Waals surface area contributed by atoms with Crippen molar-refractivity contribution < 1.29 is 18.3 Å². The molecule has 0 aliphatic heterocycles. The van der Waals surface area contributed by atoms with Crippen molar-refractivity contribution >= 4 is 27.3 Å². The second kappa shape index (κ2) is 8.39. The predicted molar refractivity (Wildman–Crippen MR) is 93.9 cm³/mol. The second-order valence-electron chi connectivity index (χ2n) is 5.43. The number of thiophene rings is 1. The molecule has 0 spiro atoms. The van der Waals surface area contributed by atoms with Gasteiger partial charge in [0.15, 0.2) is 0 Å². The molecule has 0 atom stereocenters. The van der Waals surface area contributed by atoms with Gasteiger partial charge in [-0.3, -0.25) is 0 Å². The molecule has 2 N–H and O–H groups in total. The molecule has 6 nitrogen and oxygen atoms in total. The van der Waals surface area contributed by atoms with Crippen molar-refractivity contribution in [1.29, 1.82) is 0 Å². The number of nitrogens with one attached hydrogen (secondary N) is 1. The summed E-state index contributed by atoms with van der Waals surface area (Å²) in [5, 5.41) is 10.2. The lowest BCUT2D eigenvalue weighted by Crippen LogP contribution is -2.27. The van der Waals surface area contributed by atoms with Crippen LogP contribution in [0.4, 0.5) is 0 Å². The van der Waals surface area contributed by atoms with Gasteiger partial charge in [0.2, 0.25) is 10.0 Å². The van der Waals surface area contributed by atoms with E-state index in [1.54, 1.807) is 0 Å². The summed E-state index contributed by atoms with van der Waals surface area (Å²) in [5.74, 6) is -1.13. The van der Waals surface area contributed by atoms with Crippen molar-refractivity contribution in [1.82, 2.24) is 9.62 Å². The molecule has 2 aromatic rings. The molecular formula is C16H20N2O4S2. The van der Waals surface area contributed by atoms with E-state index in [0.29, 0.717) is 13.0 Å². The van der Waals surface area contributed by atoms with Crippen LogP contribution in [-0.4, -0.2) is 44.5 Å². The van der Waals surface area contributed by atoms with Crippen molar-refractivity contribution in [3.05, 3.63) is 52.9 Å². The SMILES string of the molecule is CN(CCCNS(=O)(=O)c1cc(C(=O)O)cs1)Cc1ccccc1. The monoisotopic (exact) mass is 368 g/mol. The van der Waals surface area contributed by atoms with E-state index < -0.39 is 16.0 Å². The van der Waals surface area contributed by atoms with Gasteiger partial charge in [0.1, 0.15) is 4.21 Å². The lowest BCUT2D eigenvalue weighted by Gasteiger charge is -2.16. The zero-order valence-electron chi connectivity index (χ0n) is 13.3. The minimum Gasteiger partial charge on any atom is -0.478 e. The number of hydrogen-bond donors (Lipinski definition) is 2. The zero-order chi connectivity index (χ0) is 17.6. The molecule has 130 valence electrons. The molecule has 0 aliphatic carbocycles. The van der Waals surface area contributed by atoms with E-state index in [0.717, 1.165) is 24.4 Å². The molecule has 0 aliphatic rings. The lowest BCUT2D eigenvalue weighted by molar-refractivity contribution is 0.0697. The fraction of sp³-hybridized carbons (Fsp3) is 0.312. The summed E-state index contributed by atoms with van der Waals surface area (Å²) < 4.78 is 26.7. The number of hydrogen-bond acceptors (Lipinski definition) is 5. The largest absolute Gasteiger partial charge is 0.478 e. The highest BCUT2D eigenvalue weighted by atomic mass is 32.2. The number of carboxylic acids is 1. The average Bonchev–Trinajstić information content (AvgIpc) is 3.04. The van der Waals surface area contributed by atoms with Crippen molar-refractivity contribution in [3.8, 4) is 0 Å². The van der Waals surface area contributed by atoms with Gasteiger partial charge in [-0.15, -0.1) is 11.3 Å². The molecule has 0 bridgehead atoms. The van der Waals surface area contributed by atoms with Gasteiger partial charge in [-0.1, -0.05) is 30.3 Å². The third kappa shape index (κ3) is 5.41. The normalized spacial score (nSPS) is 11.8. The lowest BCUT2D eigenvalue weighted by atomic mass is 10.2. The third-order valence-electron chi connectivity index (χ3n) is 3.39. The summed E-state index contributed by atoms with van der Waals surface area (Å²) in [6, 6.07) is 11.2. The van der Waals surface area contributed by atoms with Crippen LogP contribution in [0.2, 0.25) is 0 Å². The number of carboxylic acid groups (broad SMARTS) is 1. The van der Waals surface area contributed by atoms with E-state index in [9.17, 15) is 13.2 Å². The van der Waals surface area contributed by atoms with Crippen molar-refractivity contribution in [3.63, 3.8) is 0 Å². The van der Waals surface area contributed by atoms with Crippen LogP contribution in [0.1, 0.15) is 22.3 Å². The minimum atomic E-state index is -3.64. The average molecular weight is 368 g/mol. The molecule has 0 saturated carbocycles. The van der Waals surface area contributed by atoms with E-state index >= 15 is 0 Å². The Morgan fingerprint density at radius 2 is 2.00 bits per heavy atom. The number of rotatable bonds is 9. The van der Waals surface area contributed by atoms with Crippen LogP contribution < -0.4 is 4.72 Å². The van der Waals surface area contributed by atoms with Crippen LogP contribution >= 0.6 is 11.3 Å². The van der Waals surface area contributed by atoms with Crippen LogP contribution in [0.15, 0.2) is 46.0 Å². The van der Waals surface area contributed by atoms with Gasteiger partial charge in [-0.05, 0) is 31.6 Å². The fourth-order valence-electron chi connectivity index (χ4n) is 2.17. The number of benzene rings is 1. The highest BCUT2D eigenvalue weighted by molar-refractivity contribution is 7.91. The topological polar surface area (TPSA) is 86.7 Å². The number of nitrogens with zero attached hydrogens (tertiary/aromatic N) is 1. The van der Waals surface area contributed by atoms with Crippen molar-refractivity contribution in [2.45, 2.75) is 17.2 Å². The van der Waals surface area contributed by atoms with Crippen LogP contribution in [0.3, 0.4) is 0 Å². The van der Waals surface area contributed by atoms with Gasteiger partial charge in [0.25, 0.3) is 0 Å². The number of carbonyl (C=O) groups is 1. The third-order valence-corrected chi connectivity index (χ3v) is 6.29. The molecule has 1 aromatic carbocycles.